The van der Waals surface area contributed by atoms with Gasteiger partial charge in [0.15, 0.2) is 0 Å². The molecule has 202 valence electrons. The summed E-state index contributed by atoms with van der Waals surface area (Å²) in [4.78, 5) is 17.7. The van der Waals surface area contributed by atoms with E-state index in [0.29, 0.717) is 17.4 Å². The SMILES string of the molecule is C[As](C)CCC(Oc1ccc(C(F)(F)F)cc1)c1ccc(C(=O)N2CCN(C3CCCCC3)CC2)cc1. The third-order valence-corrected chi connectivity index (χ3v) is 9.94. The summed E-state index contributed by atoms with van der Waals surface area (Å²) in [7, 11) is 0. The molecule has 2 fully saturated rings. The van der Waals surface area contributed by atoms with E-state index in [-0.39, 0.29) is 12.0 Å². The molecule has 1 aliphatic heterocycles. The Bertz CT molecular complexity index is 997. The molecule has 0 N–H and O–H groups in total. The second kappa shape index (κ2) is 12.7. The van der Waals surface area contributed by atoms with Crippen LogP contribution in [0.2, 0.25) is 16.6 Å². The second-order valence-electron chi connectivity index (χ2n) is 10.5. The van der Waals surface area contributed by atoms with E-state index in [1.165, 1.54) is 44.2 Å². The summed E-state index contributed by atoms with van der Waals surface area (Å²) in [5, 5.41) is 1.06. The van der Waals surface area contributed by atoms with E-state index in [0.717, 1.165) is 55.5 Å². The van der Waals surface area contributed by atoms with E-state index < -0.39 is 26.4 Å². The summed E-state index contributed by atoms with van der Waals surface area (Å²) < 4.78 is 44.9. The van der Waals surface area contributed by atoms with Crippen LogP contribution >= 0.6 is 0 Å². The molecule has 37 heavy (non-hydrogen) atoms. The fourth-order valence-electron chi connectivity index (χ4n) is 5.32. The first-order valence-electron chi connectivity index (χ1n) is 13.3. The summed E-state index contributed by atoms with van der Waals surface area (Å²) in [5.74, 6) is 0.477. The second-order valence-corrected chi connectivity index (χ2v) is 15.9. The van der Waals surface area contributed by atoms with Crippen molar-refractivity contribution in [3.63, 3.8) is 0 Å². The van der Waals surface area contributed by atoms with E-state index >= 15 is 0 Å². The molecule has 0 bridgehead atoms. The van der Waals surface area contributed by atoms with Crippen LogP contribution < -0.4 is 4.74 Å². The van der Waals surface area contributed by atoms with Gasteiger partial charge in [-0.05, 0) is 12.8 Å². The molecule has 1 heterocycles. The predicted octanol–water partition coefficient (Wildman–Crippen LogP) is 7.06. The van der Waals surface area contributed by atoms with Gasteiger partial charge in [0, 0.05) is 6.04 Å². The number of nitrogens with zero attached hydrogens (tertiary/aromatic N) is 2. The number of hydrogen-bond donors (Lipinski definition) is 0. The van der Waals surface area contributed by atoms with Crippen LogP contribution in [-0.2, 0) is 6.18 Å². The number of amides is 1. The molecule has 1 saturated heterocycles. The number of ether oxygens (including phenoxy) is 1. The molecule has 1 amide bonds. The molecule has 1 aliphatic carbocycles. The van der Waals surface area contributed by atoms with Crippen molar-refractivity contribution in [3.8, 4) is 5.75 Å². The van der Waals surface area contributed by atoms with E-state index in [9.17, 15) is 18.0 Å². The topological polar surface area (TPSA) is 32.8 Å². The van der Waals surface area contributed by atoms with Crippen LogP contribution in [0.25, 0.3) is 0 Å². The first kappa shape index (κ1) is 28.0. The molecule has 0 radical (unpaired) electrons. The van der Waals surface area contributed by atoms with Crippen molar-refractivity contribution in [2.75, 3.05) is 26.2 Å². The number of halogens is 3. The first-order chi connectivity index (χ1) is 17.7. The molecule has 2 aliphatic rings. The van der Waals surface area contributed by atoms with Gasteiger partial charge < -0.3 is 0 Å². The third kappa shape index (κ3) is 7.76. The van der Waals surface area contributed by atoms with E-state index in [2.05, 4.69) is 16.3 Å². The number of benzene rings is 2. The van der Waals surface area contributed by atoms with Gasteiger partial charge in [0.25, 0.3) is 0 Å². The van der Waals surface area contributed by atoms with Crippen molar-refractivity contribution < 1.29 is 22.7 Å². The van der Waals surface area contributed by atoms with Crippen molar-refractivity contribution in [1.29, 1.82) is 0 Å². The quantitative estimate of drug-likeness (QED) is 0.315. The standard InChI is InChI=1S/C29H38AsF3N2O2/c1-30(2)17-16-27(37-26-14-12-24(13-15-26)29(31,32)33)22-8-10-23(11-9-22)28(36)35-20-18-34(19-21-35)25-6-4-3-5-7-25/h8-15,25,27H,3-7,16-21H2,1-2H3. The van der Waals surface area contributed by atoms with Crippen molar-refractivity contribution >= 4 is 20.6 Å². The van der Waals surface area contributed by atoms with Gasteiger partial charge in [-0.1, -0.05) is 19.3 Å². The fourth-order valence-corrected chi connectivity index (χ4v) is 6.89. The Morgan fingerprint density at radius 3 is 2.14 bits per heavy atom. The normalized spacial score (nSPS) is 18.7. The Labute approximate surface area is 223 Å². The molecule has 4 rings (SSSR count). The van der Waals surface area contributed by atoms with Crippen molar-refractivity contribution in [3.05, 3.63) is 65.2 Å². The van der Waals surface area contributed by atoms with Crippen LogP contribution in [-0.4, -0.2) is 62.6 Å². The molecule has 1 unspecified atom stereocenters. The number of carbonyl (C=O) groups excluding carboxylic acids is 1. The van der Waals surface area contributed by atoms with Gasteiger partial charge in [0.1, 0.15) is 0 Å². The van der Waals surface area contributed by atoms with Crippen LogP contribution in [0.1, 0.15) is 66.1 Å². The Balaban J connectivity index is 1.39. The zero-order valence-corrected chi connectivity index (χ0v) is 23.7. The predicted molar refractivity (Wildman–Crippen MR) is 143 cm³/mol. The van der Waals surface area contributed by atoms with Gasteiger partial charge in [-0.25, -0.2) is 0 Å². The molecule has 2 aromatic rings. The van der Waals surface area contributed by atoms with Gasteiger partial charge in [0.2, 0.25) is 0 Å². The summed E-state index contributed by atoms with van der Waals surface area (Å²) in [6, 6.07) is 13.2. The maximum atomic E-state index is 13.2. The molecular weight excluding hydrogens is 540 g/mol. The number of rotatable bonds is 8. The van der Waals surface area contributed by atoms with E-state index in [1.807, 2.05) is 29.2 Å². The van der Waals surface area contributed by atoms with Gasteiger partial charge >= 0.3 is 186 Å². The molecule has 4 nitrogen and oxygen atoms in total. The fraction of sp³-hybridized carbons (Fsp3) is 0.552. The summed E-state index contributed by atoms with van der Waals surface area (Å²) >= 11 is -0.910. The Kier molecular flexibility index (Phi) is 9.63. The zero-order chi connectivity index (χ0) is 26.4. The molecule has 1 saturated carbocycles. The van der Waals surface area contributed by atoms with Crippen molar-refractivity contribution in [2.24, 2.45) is 0 Å². The molecule has 8 heteroatoms. The summed E-state index contributed by atoms with van der Waals surface area (Å²) in [6.45, 7) is 3.40. The average molecular weight is 579 g/mol. The summed E-state index contributed by atoms with van der Waals surface area (Å²) in [5.41, 5.74) is 5.47. The molecule has 0 aromatic heterocycles. The zero-order valence-electron chi connectivity index (χ0n) is 21.8. The van der Waals surface area contributed by atoms with Gasteiger partial charge in [0.05, 0.1) is 0 Å². The van der Waals surface area contributed by atoms with Crippen LogP contribution in [0.3, 0.4) is 0 Å². The average Bonchev–Trinajstić information content (AvgIpc) is 2.91. The van der Waals surface area contributed by atoms with Gasteiger partial charge in [-0.15, -0.1) is 0 Å². The van der Waals surface area contributed by atoms with Gasteiger partial charge in [-0.3, -0.25) is 0 Å². The van der Waals surface area contributed by atoms with E-state index in [1.54, 1.807) is 0 Å². The minimum absolute atomic E-state index is 0.0602. The van der Waals surface area contributed by atoms with Crippen molar-refractivity contribution in [1.82, 2.24) is 9.80 Å². The number of carbonyl (C=O) groups is 1. The maximum absolute atomic E-state index is 13.2. The third-order valence-electron chi connectivity index (χ3n) is 7.52. The van der Waals surface area contributed by atoms with E-state index in [4.69, 9.17) is 4.74 Å². The number of hydrogen-bond acceptors (Lipinski definition) is 3. The molecular formula is C29H38AsF3N2O2. The Morgan fingerprint density at radius 2 is 1.57 bits per heavy atom. The number of piperazine rings is 1. The molecule has 0 spiro atoms. The van der Waals surface area contributed by atoms with Crippen LogP contribution in [0.5, 0.6) is 5.75 Å². The van der Waals surface area contributed by atoms with Crippen LogP contribution in [0.4, 0.5) is 13.2 Å². The van der Waals surface area contributed by atoms with Crippen LogP contribution in [0, 0.1) is 0 Å². The Morgan fingerprint density at radius 1 is 0.946 bits per heavy atom. The van der Waals surface area contributed by atoms with Crippen LogP contribution in [0.15, 0.2) is 48.5 Å². The minimum atomic E-state index is -4.37. The number of alkyl halides is 3. The Hall–Kier alpha value is -1.98. The summed E-state index contributed by atoms with van der Waals surface area (Å²) in [6.07, 6.45) is 2.71. The molecule has 1 atom stereocenters. The monoisotopic (exact) mass is 578 g/mol. The first-order valence-corrected chi connectivity index (χ1v) is 18.4. The molecule has 2 aromatic carbocycles. The van der Waals surface area contributed by atoms with Gasteiger partial charge in [-0.2, -0.15) is 0 Å². The van der Waals surface area contributed by atoms with Crippen molar-refractivity contribution in [2.45, 2.75) is 73.5 Å².